The first-order valence-corrected chi connectivity index (χ1v) is 11.8. The van der Waals surface area contributed by atoms with Crippen LogP contribution in [0.3, 0.4) is 0 Å². The van der Waals surface area contributed by atoms with Crippen LogP contribution in [-0.2, 0) is 17.6 Å². The number of carbonyl (C=O) groups excluding carboxylic acids is 1. The highest BCUT2D eigenvalue weighted by Gasteiger charge is 2.28. The fourth-order valence-corrected chi connectivity index (χ4v) is 4.59. The van der Waals surface area contributed by atoms with Crippen molar-refractivity contribution in [1.29, 1.82) is 0 Å². The molecule has 0 amide bonds. The quantitative estimate of drug-likeness (QED) is 0.237. The summed E-state index contributed by atoms with van der Waals surface area (Å²) in [7, 11) is 0. The number of carbonyl (C=O) groups is 1. The minimum atomic E-state index is -0.534. The van der Waals surface area contributed by atoms with Gasteiger partial charge in [-0.25, -0.2) is 4.79 Å². The average molecular weight is 531 g/mol. The molecule has 0 bridgehead atoms. The zero-order valence-corrected chi connectivity index (χ0v) is 20.2. The van der Waals surface area contributed by atoms with Gasteiger partial charge in [-0.05, 0) is 60.6 Å². The number of aliphatic hydroxyl groups is 1. The number of fused-ring (bicyclic) bond motifs is 2. The van der Waals surface area contributed by atoms with E-state index >= 15 is 0 Å². The Morgan fingerprint density at radius 3 is 2.03 bits per heavy atom. The zero-order chi connectivity index (χ0) is 26.0. The highest BCUT2D eigenvalue weighted by molar-refractivity contribution is 6.42. The van der Waals surface area contributed by atoms with Gasteiger partial charge in [-0.2, -0.15) is 0 Å². The van der Waals surface area contributed by atoms with Crippen LogP contribution in [0.2, 0.25) is 10.0 Å². The zero-order valence-electron chi connectivity index (χ0n) is 18.7. The molecule has 0 saturated heterocycles. The van der Waals surface area contributed by atoms with E-state index in [1.165, 1.54) is 42.5 Å². The summed E-state index contributed by atoms with van der Waals surface area (Å²) in [5.74, 6) is -0.534. The second-order valence-corrected chi connectivity index (χ2v) is 9.21. The average Bonchev–Trinajstić information content (AvgIpc) is 3.43. The number of nitro groups is 2. The molecule has 3 aromatic carbocycles. The third-order valence-corrected chi connectivity index (χ3v) is 6.89. The first-order chi connectivity index (χ1) is 17.1. The van der Waals surface area contributed by atoms with E-state index in [-0.39, 0.29) is 16.4 Å². The summed E-state index contributed by atoms with van der Waals surface area (Å²) in [4.78, 5) is 32.7. The molecule has 0 heterocycles. The number of non-ortho nitro benzene ring substituents is 2. The Kier molecular flexibility index (Phi) is 7.53. The van der Waals surface area contributed by atoms with E-state index in [4.69, 9.17) is 27.9 Å². The normalized spacial score (nSPS) is 17.4. The Morgan fingerprint density at radius 1 is 0.833 bits per heavy atom. The van der Waals surface area contributed by atoms with E-state index in [0.29, 0.717) is 41.0 Å². The molecule has 2 aliphatic rings. The van der Waals surface area contributed by atoms with Crippen molar-refractivity contribution in [2.24, 2.45) is 0 Å². The van der Waals surface area contributed by atoms with Crippen molar-refractivity contribution in [1.82, 2.24) is 0 Å². The Morgan fingerprint density at radius 2 is 1.42 bits per heavy atom. The van der Waals surface area contributed by atoms with Crippen LogP contribution >= 0.6 is 23.2 Å². The van der Waals surface area contributed by atoms with E-state index in [1.807, 2.05) is 0 Å². The second-order valence-electron chi connectivity index (χ2n) is 8.40. The van der Waals surface area contributed by atoms with E-state index in [9.17, 15) is 30.1 Å². The number of hydrogen-bond acceptors (Lipinski definition) is 7. The highest BCUT2D eigenvalue weighted by Crippen LogP contribution is 2.37. The SMILES string of the molecule is O=C(OC1CCc2ccc([N+](=O)[O-])cc21)c1ccc(Cl)c(Cl)c1.O=[N+]([O-])c1ccc2c(c1)C(O)CC2. The summed E-state index contributed by atoms with van der Waals surface area (Å²) < 4.78 is 5.49. The number of nitrogens with zero attached hydrogens (tertiary/aromatic N) is 2. The summed E-state index contributed by atoms with van der Waals surface area (Å²) in [6.45, 7) is 0. The summed E-state index contributed by atoms with van der Waals surface area (Å²) in [5, 5.41) is 31.4. The smallest absolute Gasteiger partial charge is 0.338 e. The van der Waals surface area contributed by atoms with Crippen LogP contribution in [-0.4, -0.2) is 20.9 Å². The number of aliphatic hydroxyl groups excluding tert-OH is 1. The van der Waals surface area contributed by atoms with Crippen molar-refractivity contribution in [2.75, 3.05) is 0 Å². The molecule has 11 heteroatoms. The summed E-state index contributed by atoms with van der Waals surface area (Å²) >= 11 is 11.7. The van der Waals surface area contributed by atoms with Crippen LogP contribution in [0.5, 0.6) is 0 Å². The van der Waals surface area contributed by atoms with Crippen LogP contribution < -0.4 is 0 Å². The van der Waals surface area contributed by atoms with E-state index in [1.54, 1.807) is 12.1 Å². The molecule has 0 fully saturated rings. The number of rotatable bonds is 4. The van der Waals surface area contributed by atoms with Crippen molar-refractivity contribution in [2.45, 2.75) is 37.9 Å². The van der Waals surface area contributed by atoms with Crippen molar-refractivity contribution in [3.63, 3.8) is 0 Å². The Labute approximate surface area is 215 Å². The Balaban J connectivity index is 0.000000197. The third-order valence-electron chi connectivity index (χ3n) is 6.15. The standard InChI is InChI=1S/C16H11Cl2NO4.C9H9NO3/c17-13-5-2-10(7-14(13)18)16(20)23-15-6-3-9-1-4-11(19(21)22)8-12(9)15;11-9-4-2-6-1-3-7(10(12)13)5-8(6)9/h1-2,4-5,7-8,15H,3,6H2;1,3,5,9,11H,2,4H2. The molecule has 5 rings (SSSR count). The van der Waals surface area contributed by atoms with Gasteiger partial charge in [0.25, 0.3) is 11.4 Å². The van der Waals surface area contributed by atoms with Crippen molar-refractivity contribution in [3.8, 4) is 0 Å². The molecular formula is C25H20Cl2N2O7. The molecule has 2 unspecified atom stereocenters. The lowest BCUT2D eigenvalue weighted by Gasteiger charge is -2.13. The molecule has 0 spiro atoms. The van der Waals surface area contributed by atoms with Gasteiger partial charge in [0.05, 0.1) is 31.6 Å². The minimum Gasteiger partial charge on any atom is -0.454 e. The van der Waals surface area contributed by atoms with Crippen molar-refractivity contribution >= 4 is 40.5 Å². The van der Waals surface area contributed by atoms with Gasteiger partial charge in [0.15, 0.2) is 0 Å². The predicted molar refractivity (Wildman–Crippen MR) is 132 cm³/mol. The topological polar surface area (TPSA) is 133 Å². The predicted octanol–water partition coefficient (Wildman–Crippen LogP) is 6.32. The second kappa shape index (κ2) is 10.6. The number of benzene rings is 3. The van der Waals surface area contributed by atoms with Gasteiger partial charge in [-0.1, -0.05) is 35.3 Å². The lowest BCUT2D eigenvalue weighted by molar-refractivity contribution is -0.385. The van der Waals surface area contributed by atoms with Crippen LogP contribution in [0.25, 0.3) is 0 Å². The van der Waals surface area contributed by atoms with Crippen LogP contribution in [0.1, 0.15) is 57.7 Å². The van der Waals surface area contributed by atoms with Crippen molar-refractivity contribution in [3.05, 3.63) is 113 Å². The first kappa shape index (κ1) is 25.6. The highest BCUT2D eigenvalue weighted by atomic mass is 35.5. The number of esters is 1. The largest absolute Gasteiger partial charge is 0.454 e. The van der Waals surface area contributed by atoms with Gasteiger partial charge in [0.2, 0.25) is 0 Å². The van der Waals surface area contributed by atoms with Gasteiger partial charge in [0, 0.05) is 29.8 Å². The Bertz CT molecular complexity index is 1360. The lowest BCUT2D eigenvalue weighted by atomic mass is 10.1. The summed E-state index contributed by atoms with van der Waals surface area (Å²) in [6.07, 6.45) is 1.79. The van der Waals surface area contributed by atoms with Gasteiger partial charge >= 0.3 is 5.97 Å². The van der Waals surface area contributed by atoms with Crippen LogP contribution in [0, 0.1) is 20.2 Å². The number of ether oxygens (including phenoxy) is 1. The molecule has 36 heavy (non-hydrogen) atoms. The molecule has 186 valence electrons. The summed E-state index contributed by atoms with van der Waals surface area (Å²) in [6, 6.07) is 13.8. The van der Waals surface area contributed by atoms with Gasteiger partial charge < -0.3 is 9.84 Å². The molecule has 3 aromatic rings. The van der Waals surface area contributed by atoms with Crippen molar-refractivity contribution < 1.29 is 24.5 Å². The van der Waals surface area contributed by atoms with Gasteiger partial charge in [0.1, 0.15) is 6.10 Å². The summed E-state index contributed by atoms with van der Waals surface area (Å²) in [5.41, 5.74) is 3.72. The molecule has 9 nitrogen and oxygen atoms in total. The van der Waals surface area contributed by atoms with Crippen LogP contribution in [0.15, 0.2) is 54.6 Å². The monoisotopic (exact) mass is 530 g/mol. The van der Waals surface area contributed by atoms with E-state index in [2.05, 4.69) is 0 Å². The maximum atomic E-state index is 12.2. The number of halogens is 2. The molecule has 0 aliphatic heterocycles. The van der Waals surface area contributed by atoms with E-state index in [0.717, 1.165) is 17.5 Å². The third kappa shape index (κ3) is 5.48. The fourth-order valence-electron chi connectivity index (χ4n) is 4.29. The molecule has 2 aliphatic carbocycles. The van der Waals surface area contributed by atoms with Crippen LogP contribution in [0.4, 0.5) is 11.4 Å². The number of hydrogen-bond donors (Lipinski definition) is 1. The molecular weight excluding hydrogens is 511 g/mol. The van der Waals surface area contributed by atoms with Gasteiger partial charge in [-0.15, -0.1) is 0 Å². The minimum absolute atomic E-state index is 0.0127. The molecule has 2 atom stereocenters. The molecule has 0 aromatic heterocycles. The maximum Gasteiger partial charge on any atom is 0.338 e. The Hall–Kier alpha value is -3.53. The maximum absolute atomic E-state index is 12.2. The molecule has 0 radical (unpaired) electrons. The molecule has 1 N–H and O–H groups in total. The molecule has 0 saturated carbocycles. The number of aryl methyl sites for hydroxylation is 2. The first-order valence-electron chi connectivity index (χ1n) is 11.0. The van der Waals surface area contributed by atoms with E-state index < -0.39 is 28.0 Å². The van der Waals surface area contributed by atoms with Gasteiger partial charge in [-0.3, -0.25) is 20.2 Å². The fraction of sp³-hybridized carbons (Fsp3) is 0.240. The number of nitro benzene ring substituents is 2. The lowest BCUT2D eigenvalue weighted by Crippen LogP contribution is -2.10.